The van der Waals surface area contributed by atoms with Crippen molar-refractivity contribution >= 4 is 5.97 Å². The van der Waals surface area contributed by atoms with E-state index in [0.29, 0.717) is 26.0 Å². The molecule has 0 aliphatic rings. The Morgan fingerprint density at radius 1 is 1.25 bits per heavy atom. The Morgan fingerprint density at radius 3 is 2.69 bits per heavy atom. The van der Waals surface area contributed by atoms with Crippen LogP contribution in [-0.2, 0) is 9.53 Å². The van der Waals surface area contributed by atoms with Crippen LogP contribution in [0.15, 0.2) is 0 Å². The van der Waals surface area contributed by atoms with Gasteiger partial charge in [-0.05, 0) is 19.8 Å². The molecule has 0 fully saturated rings. The third-order valence-electron chi connectivity index (χ3n) is 1.97. The normalized spacial score (nSPS) is 9.75. The number of nitriles is 1. The maximum Gasteiger partial charge on any atom is 0.307 e. The number of hydrogen-bond donors (Lipinski definition) is 2. The first kappa shape index (κ1) is 14.9. The average molecular weight is 227 g/mol. The Bertz CT molecular complexity index is 214. The fraction of sp³-hybridized carbons (Fsp3) is 0.818. The van der Waals surface area contributed by atoms with Gasteiger partial charge in [-0.25, -0.2) is 0 Å². The number of carbonyl (C=O) groups is 1. The Morgan fingerprint density at radius 2 is 2.00 bits per heavy atom. The van der Waals surface area contributed by atoms with Gasteiger partial charge in [0.05, 0.1) is 19.1 Å². The predicted octanol–water partition coefficient (Wildman–Crippen LogP) is 1.12. The molecule has 0 aliphatic carbocycles. The number of nitrogens with one attached hydrogen (secondary N) is 2. The highest BCUT2D eigenvalue weighted by molar-refractivity contribution is 5.69. The third kappa shape index (κ3) is 11.0. The summed E-state index contributed by atoms with van der Waals surface area (Å²) in [7, 11) is 0. The van der Waals surface area contributed by atoms with Crippen LogP contribution >= 0.6 is 0 Å². The summed E-state index contributed by atoms with van der Waals surface area (Å²) in [6.45, 7) is 3.67. The van der Waals surface area contributed by atoms with Crippen LogP contribution < -0.4 is 10.9 Å². The van der Waals surface area contributed by atoms with Crippen molar-refractivity contribution in [2.75, 3.05) is 19.7 Å². The van der Waals surface area contributed by atoms with Crippen LogP contribution in [0.3, 0.4) is 0 Å². The largest absolute Gasteiger partial charge is 0.466 e. The summed E-state index contributed by atoms with van der Waals surface area (Å²) < 4.78 is 4.78. The van der Waals surface area contributed by atoms with Gasteiger partial charge in [0, 0.05) is 19.5 Å². The summed E-state index contributed by atoms with van der Waals surface area (Å²) >= 11 is 0. The van der Waals surface area contributed by atoms with Crippen molar-refractivity contribution in [3.05, 3.63) is 0 Å². The average Bonchev–Trinajstić information content (AvgIpc) is 2.27. The molecule has 0 amide bonds. The lowest BCUT2D eigenvalue weighted by molar-refractivity contribution is -0.143. The number of rotatable bonds is 10. The quantitative estimate of drug-likeness (QED) is 0.332. The molecule has 0 bridgehead atoms. The molecule has 0 heterocycles. The molecule has 5 nitrogen and oxygen atoms in total. The van der Waals surface area contributed by atoms with Gasteiger partial charge in [0.15, 0.2) is 0 Å². The zero-order valence-corrected chi connectivity index (χ0v) is 9.92. The number of unbranched alkanes of at least 4 members (excludes halogenated alkanes) is 3. The van der Waals surface area contributed by atoms with E-state index in [2.05, 4.69) is 16.9 Å². The molecule has 0 rings (SSSR count). The minimum Gasteiger partial charge on any atom is -0.466 e. The number of carbonyl (C=O) groups excluding carboxylic acids is 1. The molecule has 0 spiro atoms. The minimum absolute atomic E-state index is 0.175. The first-order chi connectivity index (χ1) is 7.81. The zero-order chi connectivity index (χ0) is 12.1. The van der Waals surface area contributed by atoms with Crippen LogP contribution in [0.2, 0.25) is 0 Å². The molecule has 0 unspecified atom stereocenters. The maximum atomic E-state index is 10.9. The number of hydrazine groups is 1. The first-order valence-corrected chi connectivity index (χ1v) is 5.79. The smallest absolute Gasteiger partial charge is 0.307 e. The van der Waals surface area contributed by atoms with E-state index in [1.54, 1.807) is 6.92 Å². The van der Waals surface area contributed by atoms with Gasteiger partial charge in [-0.15, -0.1) is 0 Å². The maximum absolute atomic E-state index is 10.9. The second kappa shape index (κ2) is 12.0. The Kier molecular flexibility index (Phi) is 11.1. The molecular formula is C11H21N3O2. The van der Waals surface area contributed by atoms with Crippen LogP contribution in [0.25, 0.3) is 0 Å². The number of esters is 1. The van der Waals surface area contributed by atoms with E-state index < -0.39 is 0 Å². The van der Waals surface area contributed by atoms with Crippen molar-refractivity contribution in [1.29, 1.82) is 5.26 Å². The van der Waals surface area contributed by atoms with E-state index in [4.69, 9.17) is 10.00 Å². The Hall–Kier alpha value is -1.12. The van der Waals surface area contributed by atoms with E-state index in [-0.39, 0.29) is 5.97 Å². The first-order valence-electron chi connectivity index (χ1n) is 5.79. The molecule has 5 heteroatoms. The second-order valence-corrected chi connectivity index (χ2v) is 3.38. The van der Waals surface area contributed by atoms with Crippen molar-refractivity contribution in [1.82, 2.24) is 10.9 Å². The lowest BCUT2D eigenvalue weighted by Crippen LogP contribution is -2.34. The molecule has 0 aromatic carbocycles. The predicted molar refractivity (Wildman–Crippen MR) is 61.3 cm³/mol. The van der Waals surface area contributed by atoms with Crippen LogP contribution in [0.5, 0.6) is 0 Å². The topological polar surface area (TPSA) is 74.2 Å². The van der Waals surface area contributed by atoms with E-state index in [1.807, 2.05) is 0 Å². The summed E-state index contributed by atoms with van der Waals surface area (Å²) in [5.41, 5.74) is 5.97. The molecule has 0 atom stereocenters. The summed E-state index contributed by atoms with van der Waals surface area (Å²) in [6.07, 6.45) is 4.07. The standard InChI is InChI=1S/C11H21N3O2/c1-2-16-11(15)7-10-14-13-9-6-4-3-5-8-12/h13-14H,2-7,9-10H2,1H3. The number of hydrogen-bond acceptors (Lipinski definition) is 5. The SMILES string of the molecule is CCOC(=O)CCNNCCCCCC#N. The lowest BCUT2D eigenvalue weighted by Gasteiger charge is -2.06. The van der Waals surface area contributed by atoms with Crippen molar-refractivity contribution in [2.45, 2.75) is 39.0 Å². The molecular weight excluding hydrogens is 206 g/mol. The zero-order valence-electron chi connectivity index (χ0n) is 9.92. The fourth-order valence-corrected chi connectivity index (χ4v) is 1.17. The highest BCUT2D eigenvalue weighted by Gasteiger charge is 1.99. The molecule has 16 heavy (non-hydrogen) atoms. The molecule has 0 aromatic heterocycles. The van der Waals surface area contributed by atoms with E-state index in [9.17, 15) is 4.79 Å². The van der Waals surface area contributed by atoms with Crippen molar-refractivity contribution in [3.8, 4) is 6.07 Å². The fourth-order valence-electron chi connectivity index (χ4n) is 1.17. The molecule has 0 radical (unpaired) electrons. The summed E-state index contributed by atoms with van der Waals surface area (Å²) in [6, 6.07) is 2.12. The summed E-state index contributed by atoms with van der Waals surface area (Å²) in [5, 5.41) is 8.31. The minimum atomic E-state index is -0.175. The molecule has 0 saturated carbocycles. The molecule has 92 valence electrons. The van der Waals surface area contributed by atoms with E-state index >= 15 is 0 Å². The van der Waals surface area contributed by atoms with Crippen molar-refractivity contribution < 1.29 is 9.53 Å². The molecule has 0 saturated heterocycles. The second-order valence-electron chi connectivity index (χ2n) is 3.38. The van der Waals surface area contributed by atoms with Crippen LogP contribution in [0, 0.1) is 11.3 Å². The monoisotopic (exact) mass is 227 g/mol. The van der Waals surface area contributed by atoms with E-state index in [0.717, 1.165) is 25.8 Å². The van der Waals surface area contributed by atoms with Gasteiger partial charge in [0.1, 0.15) is 0 Å². The van der Waals surface area contributed by atoms with Crippen LogP contribution in [-0.4, -0.2) is 25.7 Å². The van der Waals surface area contributed by atoms with Gasteiger partial charge in [-0.3, -0.25) is 15.6 Å². The highest BCUT2D eigenvalue weighted by atomic mass is 16.5. The van der Waals surface area contributed by atoms with Gasteiger partial charge in [0.25, 0.3) is 0 Å². The van der Waals surface area contributed by atoms with Gasteiger partial charge in [0.2, 0.25) is 0 Å². The Balaban J connectivity index is 3.04. The van der Waals surface area contributed by atoms with Crippen LogP contribution in [0.4, 0.5) is 0 Å². The summed E-state index contributed by atoms with van der Waals surface area (Å²) in [5.74, 6) is -0.175. The number of ether oxygens (including phenoxy) is 1. The van der Waals surface area contributed by atoms with Gasteiger partial charge in [-0.2, -0.15) is 5.26 Å². The van der Waals surface area contributed by atoms with Gasteiger partial charge >= 0.3 is 5.97 Å². The Labute approximate surface area is 97.1 Å². The highest BCUT2D eigenvalue weighted by Crippen LogP contribution is 1.96. The van der Waals surface area contributed by atoms with Crippen LogP contribution in [0.1, 0.15) is 39.0 Å². The number of nitrogens with zero attached hydrogens (tertiary/aromatic N) is 1. The van der Waals surface area contributed by atoms with Gasteiger partial charge < -0.3 is 4.74 Å². The van der Waals surface area contributed by atoms with Gasteiger partial charge in [-0.1, -0.05) is 6.42 Å². The summed E-state index contributed by atoms with van der Waals surface area (Å²) in [4.78, 5) is 10.9. The molecule has 0 aliphatic heterocycles. The van der Waals surface area contributed by atoms with Crippen molar-refractivity contribution in [2.24, 2.45) is 0 Å². The van der Waals surface area contributed by atoms with E-state index in [1.165, 1.54) is 0 Å². The molecule has 0 aromatic rings. The third-order valence-corrected chi connectivity index (χ3v) is 1.97. The van der Waals surface area contributed by atoms with Crippen molar-refractivity contribution in [3.63, 3.8) is 0 Å². The lowest BCUT2D eigenvalue weighted by atomic mass is 10.2. The molecule has 2 N–H and O–H groups in total.